The molecule has 1 aromatic rings. The molecule has 1 aromatic carbocycles. The SMILES string of the molecule is O=C(O)C(CN1CCOCC1)NS(=O)(=O)c1cccc(Br)c1. The van der Waals surface area contributed by atoms with Crippen molar-refractivity contribution in [1.29, 1.82) is 0 Å². The lowest BCUT2D eigenvalue weighted by atomic mass is 10.3. The summed E-state index contributed by atoms with van der Waals surface area (Å²) >= 11 is 3.20. The minimum absolute atomic E-state index is 0.0232. The fraction of sp³-hybridized carbons (Fsp3) is 0.462. The number of ether oxygens (including phenoxy) is 1. The standard InChI is InChI=1S/C13H17BrN2O5S/c14-10-2-1-3-11(8-10)22(19,20)15-12(13(17)18)9-16-4-6-21-7-5-16/h1-3,8,12,15H,4-7,9H2,(H,17,18). The van der Waals surface area contributed by atoms with Gasteiger partial charge in [0.15, 0.2) is 0 Å². The summed E-state index contributed by atoms with van der Waals surface area (Å²) in [6, 6.07) is 4.91. The van der Waals surface area contributed by atoms with E-state index in [1.165, 1.54) is 12.1 Å². The summed E-state index contributed by atoms with van der Waals surface area (Å²) in [7, 11) is -3.90. The Morgan fingerprint density at radius 1 is 1.41 bits per heavy atom. The van der Waals surface area contributed by atoms with Crippen LogP contribution >= 0.6 is 15.9 Å². The molecule has 1 aliphatic heterocycles. The molecule has 0 saturated carbocycles. The molecule has 0 aliphatic carbocycles. The molecule has 122 valence electrons. The van der Waals surface area contributed by atoms with Crippen molar-refractivity contribution in [2.45, 2.75) is 10.9 Å². The first kappa shape index (κ1) is 17.4. The summed E-state index contributed by atoms with van der Waals surface area (Å²) in [5.41, 5.74) is 0. The molecule has 22 heavy (non-hydrogen) atoms. The number of benzene rings is 1. The summed E-state index contributed by atoms with van der Waals surface area (Å²) in [5, 5.41) is 9.27. The minimum Gasteiger partial charge on any atom is -0.480 e. The number of nitrogens with one attached hydrogen (secondary N) is 1. The molecule has 1 fully saturated rings. The number of halogens is 1. The highest BCUT2D eigenvalue weighted by Crippen LogP contribution is 2.16. The molecular formula is C13H17BrN2O5S. The molecule has 2 N–H and O–H groups in total. The second-order valence-electron chi connectivity index (χ2n) is 4.88. The van der Waals surface area contributed by atoms with E-state index in [0.717, 1.165) is 0 Å². The number of carboxylic acids is 1. The first-order valence-electron chi connectivity index (χ1n) is 6.69. The largest absolute Gasteiger partial charge is 0.480 e. The zero-order valence-corrected chi connectivity index (χ0v) is 14.1. The van der Waals surface area contributed by atoms with Gasteiger partial charge in [0.05, 0.1) is 18.1 Å². The molecule has 0 spiro atoms. The van der Waals surface area contributed by atoms with Crippen molar-refractivity contribution < 1.29 is 23.1 Å². The van der Waals surface area contributed by atoms with Gasteiger partial charge in [0.2, 0.25) is 10.0 Å². The zero-order chi connectivity index (χ0) is 16.2. The summed E-state index contributed by atoms with van der Waals surface area (Å²) in [6.45, 7) is 2.31. The van der Waals surface area contributed by atoms with Crippen LogP contribution < -0.4 is 4.72 Å². The van der Waals surface area contributed by atoms with Gasteiger partial charge in [-0.1, -0.05) is 22.0 Å². The number of morpholine rings is 1. The van der Waals surface area contributed by atoms with E-state index in [2.05, 4.69) is 20.7 Å². The molecule has 7 nitrogen and oxygen atoms in total. The van der Waals surface area contributed by atoms with Crippen molar-refractivity contribution >= 4 is 31.9 Å². The topological polar surface area (TPSA) is 95.9 Å². The van der Waals surface area contributed by atoms with Crippen molar-refractivity contribution in [2.24, 2.45) is 0 Å². The summed E-state index contributed by atoms with van der Waals surface area (Å²) in [5.74, 6) is -1.20. The first-order valence-corrected chi connectivity index (χ1v) is 8.97. The van der Waals surface area contributed by atoms with E-state index in [9.17, 15) is 18.3 Å². The number of rotatable bonds is 6. The Bertz CT molecular complexity index is 631. The Kier molecular flexibility index (Phi) is 5.93. The third-order valence-corrected chi connectivity index (χ3v) is 5.21. The average Bonchev–Trinajstić information content (AvgIpc) is 2.47. The fourth-order valence-corrected chi connectivity index (χ4v) is 3.87. The maximum absolute atomic E-state index is 12.3. The predicted octanol–water partition coefficient (Wildman–Crippen LogP) is 0.513. The molecule has 1 saturated heterocycles. The Morgan fingerprint density at radius 3 is 2.68 bits per heavy atom. The van der Waals surface area contributed by atoms with Gasteiger partial charge >= 0.3 is 5.97 Å². The maximum atomic E-state index is 12.3. The van der Waals surface area contributed by atoms with E-state index < -0.39 is 22.0 Å². The molecular weight excluding hydrogens is 376 g/mol. The van der Waals surface area contributed by atoms with Gasteiger partial charge < -0.3 is 9.84 Å². The zero-order valence-electron chi connectivity index (χ0n) is 11.7. The monoisotopic (exact) mass is 392 g/mol. The van der Waals surface area contributed by atoms with E-state index in [0.29, 0.717) is 30.8 Å². The van der Waals surface area contributed by atoms with Crippen LogP contribution in [-0.2, 0) is 19.6 Å². The average molecular weight is 393 g/mol. The highest BCUT2D eigenvalue weighted by Gasteiger charge is 2.28. The molecule has 1 atom stereocenters. The van der Waals surface area contributed by atoms with Gasteiger partial charge in [-0.2, -0.15) is 4.72 Å². The van der Waals surface area contributed by atoms with Crippen LogP contribution in [0.4, 0.5) is 0 Å². The van der Waals surface area contributed by atoms with Crippen LogP contribution in [0.1, 0.15) is 0 Å². The van der Waals surface area contributed by atoms with Gasteiger partial charge in [0.1, 0.15) is 6.04 Å². The molecule has 9 heteroatoms. The number of sulfonamides is 1. The molecule has 2 rings (SSSR count). The lowest BCUT2D eigenvalue weighted by Gasteiger charge is -2.29. The Labute approximate surface area is 137 Å². The second-order valence-corrected chi connectivity index (χ2v) is 7.51. The molecule has 1 unspecified atom stereocenters. The lowest BCUT2D eigenvalue weighted by Crippen LogP contribution is -2.50. The normalized spacial score (nSPS) is 18.0. The van der Waals surface area contributed by atoms with Gasteiger partial charge in [-0.05, 0) is 18.2 Å². The van der Waals surface area contributed by atoms with Crippen LogP contribution in [0.25, 0.3) is 0 Å². The van der Waals surface area contributed by atoms with Gasteiger partial charge in [-0.3, -0.25) is 9.69 Å². The van der Waals surface area contributed by atoms with E-state index >= 15 is 0 Å². The Morgan fingerprint density at radius 2 is 2.09 bits per heavy atom. The van der Waals surface area contributed by atoms with Crippen molar-refractivity contribution in [2.75, 3.05) is 32.8 Å². The van der Waals surface area contributed by atoms with E-state index in [-0.39, 0.29) is 11.4 Å². The van der Waals surface area contributed by atoms with E-state index in [1.807, 2.05) is 4.90 Å². The van der Waals surface area contributed by atoms with Crippen LogP contribution in [-0.4, -0.2) is 63.3 Å². The number of hydrogen-bond donors (Lipinski definition) is 2. The second kappa shape index (κ2) is 7.51. The number of aliphatic carboxylic acids is 1. The minimum atomic E-state index is -3.90. The fourth-order valence-electron chi connectivity index (χ4n) is 2.10. The Balaban J connectivity index is 2.11. The Hall–Kier alpha value is -1.00. The van der Waals surface area contributed by atoms with Crippen molar-refractivity contribution in [3.63, 3.8) is 0 Å². The summed E-state index contributed by atoms with van der Waals surface area (Å²) < 4.78 is 32.7. The van der Waals surface area contributed by atoms with Crippen LogP contribution in [0.15, 0.2) is 33.6 Å². The third kappa shape index (κ3) is 4.75. The molecule has 1 aliphatic rings. The van der Waals surface area contributed by atoms with Gasteiger partial charge in [0.25, 0.3) is 0 Å². The smallest absolute Gasteiger partial charge is 0.323 e. The molecule has 0 radical (unpaired) electrons. The number of hydrogen-bond acceptors (Lipinski definition) is 5. The van der Waals surface area contributed by atoms with Gasteiger partial charge in [-0.25, -0.2) is 8.42 Å². The van der Waals surface area contributed by atoms with E-state index in [4.69, 9.17) is 4.74 Å². The van der Waals surface area contributed by atoms with Crippen molar-refractivity contribution in [1.82, 2.24) is 9.62 Å². The van der Waals surface area contributed by atoms with Crippen molar-refractivity contribution in [3.8, 4) is 0 Å². The van der Waals surface area contributed by atoms with Gasteiger partial charge in [-0.15, -0.1) is 0 Å². The third-order valence-electron chi connectivity index (χ3n) is 3.25. The molecule has 1 heterocycles. The van der Waals surface area contributed by atoms with Crippen LogP contribution in [0.2, 0.25) is 0 Å². The molecule has 0 amide bonds. The van der Waals surface area contributed by atoms with Gasteiger partial charge in [0, 0.05) is 24.1 Å². The highest BCUT2D eigenvalue weighted by atomic mass is 79.9. The quantitative estimate of drug-likeness (QED) is 0.732. The number of carboxylic acid groups (broad SMARTS) is 1. The molecule has 0 bridgehead atoms. The summed E-state index contributed by atoms with van der Waals surface area (Å²) in [4.78, 5) is 13.2. The number of carbonyl (C=O) groups is 1. The van der Waals surface area contributed by atoms with Crippen molar-refractivity contribution in [3.05, 3.63) is 28.7 Å². The lowest BCUT2D eigenvalue weighted by molar-refractivity contribution is -0.139. The van der Waals surface area contributed by atoms with Crippen LogP contribution in [0.5, 0.6) is 0 Å². The highest BCUT2D eigenvalue weighted by molar-refractivity contribution is 9.10. The number of nitrogens with zero attached hydrogens (tertiary/aromatic N) is 1. The maximum Gasteiger partial charge on any atom is 0.323 e. The molecule has 0 aromatic heterocycles. The predicted molar refractivity (Wildman–Crippen MR) is 83.1 cm³/mol. The summed E-state index contributed by atoms with van der Waals surface area (Å²) in [6.07, 6.45) is 0. The van der Waals surface area contributed by atoms with Crippen LogP contribution in [0.3, 0.4) is 0 Å². The first-order chi connectivity index (χ1) is 10.4. The van der Waals surface area contributed by atoms with Crippen LogP contribution in [0, 0.1) is 0 Å². The van der Waals surface area contributed by atoms with E-state index in [1.54, 1.807) is 12.1 Å².